The Labute approximate surface area is 165 Å². The first kappa shape index (κ1) is 21.4. The monoisotopic (exact) mass is 397 g/mol. The van der Waals surface area contributed by atoms with Gasteiger partial charge >= 0.3 is 12.1 Å². The van der Waals surface area contributed by atoms with E-state index in [1.54, 1.807) is 26.8 Å². The maximum absolute atomic E-state index is 12.4. The zero-order chi connectivity index (χ0) is 20.6. The smallest absolute Gasteiger partial charge is 0.411 e. The molecule has 2 atom stereocenters. The number of carboxylic acids is 1. The third-order valence-electron chi connectivity index (χ3n) is 4.27. The van der Waals surface area contributed by atoms with Crippen LogP contribution in [0.4, 0.5) is 4.79 Å². The van der Waals surface area contributed by atoms with Gasteiger partial charge < -0.3 is 14.6 Å². The first-order valence-electron chi connectivity index (χ1n) is 8.97. The number of hydrogen-bond donors (Lipinski definition) is 1. The first-order valence-corrected chi connectivity index (χ1v) is 9.35. The van der Waals surface area contributed by atoms with Crippen molar-refractivity contribution in [2.45, 2.75) is 71.1 Å². The molecule has 0 aromatic heterocycles. The predicted molar refractivity (Wildman–Crippen MR) is 104 cm³/mol. The van der Waals surface area contributed by atoms with Crippen LogP contribution in [-0.2, 0) is 14.9 Å². The summed E-state index contributed by atoms with van der Waals surface area (Å²) in [5.74, 6) is -0.606. The van der Waals surface area contributed by atoms with Crippen LogP contribution >= 0.6 is 11.6 Å². The second kappa shape index (κ2) is 7.58. The quantitative estimate of drug-likeness (QED) is 0.813. The van der Waals surface area contributed by atoms with Crippen molar-refractivity contribution in [2.24, 2.45) is 0 Å². The number of nitrogens with zero attached hydrogens (tertiary/aromatic N) is 1. The van der Waals surface area contributed by atoms with Gasteiger partial charge in [-0.15, -0.1) is 0 Å². The number of rotatable bonds is 3. The topological polar surface area (TPSA) is 76.1 Å². The number of ether oxygens (including phenoxy) is 2. The minimum absolute atomic E-state index is 0.0442. The molecule has 0 unspecified atom stereocenters. The lowest BCUT2D eigenvalue weighted by Crippen LogP contribution is -2.43. The van der Waals surface area contributed by atoms with E-state index < -0.39 is 29.8 Å². The summed E-state index contributed by atoms with van der Waals surface area (Å²) in [5.41, 5.74) is 0.327. The van der Waals surface area contributed by atoms with E-state index in [1.165, 1.54) is 4.90 Å². The summed E-state index contributed by atoms with van der Waals surface area (Å²) in [6.07, 6.45) is -0.960. The molecule has 1 N–H and O–H groups in total. The molecule has 1 aliphatic heterocycles. The van der Waals surface area contributed by atoms with Crippen LogP contribution in [-0.4, -0.2) is 46.4 Å². The Hall–Kier alpha value is -1.95. The number of aliphatic carboxylic acids is 1. The fourth-order valence-electron chi connectivity index (χ4n) is 2.88. The number of likely N-dealkylation sites (tertiary alicyclic amines) is 1. The van der Waals surface area contributed by atoms with Crippen molar-refractivity contribution in [1.29, 1.82) is 0 Å². The fourth-order valence-corrected chi connectivity index (χ4v) is 3.11. The van der Waals surface area contributed by atoms with Crippen molar-refractivity contribution in [3.63, 3.8) is 0 Å². The summed E-state index contributed by atoms with van der Waals surface area (Å²) in [7, 11) is 0. The lowest BCUT2D eigenvalue weighted by Gasteiger charge is -2.26. The average Bonchev–Trinajstić information content (AvgIpc) is 2.91. The van der Waals surface area contributed by atoms with Gasteiger partial charge in [0.25, 0.3) is 0 Å². The van der Waals surface area contributed by atoms with Crippen LogP contribution in [0.15, 0.2) is 18.2 Å². The number of amides is 1. The van der Waals surface area contributed by atoms with Gasteiger partial charge in [0.2, 0.25) is 0 Å². The van der Waals surface area contributed by atoms with Crippen LogP contribution in [0.3, 0.4) is 0 Å². The second-order valence-electron chi connectivity index (χ2n) is 8.86. The molecule has 1 saturated heterocycles. The highest BCUT2D eigenvalue weighted by Gasteiger charge is 2.42. The van der Waals surface area contributed by atoms with Crippen LogP contribution in [0, 0.1) is 0 Å². The van der Waals surface area contributed by atoms with Crippen LogP contribution in [0.25, 0.3) is 0 Å². The minimum Gasteiger partial charge on any atom is -0.487 e. The van der Waals surface area contributed by atoms with Gasteiger partial charge in [-0.1, -0.05) is 38.4 Å². The van der Waals surface area contributed by atoms with Gasteiger partial charge in [-0.05, 0) is 43.9 Å². The van der Waals surface area contributed by atoms with Crippen LogP contribution in [0.2, 0.25) is 5.02 Å². The highest BCUT2D eigenvalue weighted by molar-refractivity contribution is 6.32. The second-order valence-corrected chi connectivity index (χ2v) is 9.26. The molecule has 7 heteroatoms. The Morgan fingerprint density at radius 1 is 1.19 bits per heavy atom. The average molecular weight is 398 g/mol. The molecule has 1 aromatic carbocycles. The molecule has 0 saturated carbocycles. The molecule has 0 aliphatic carbocycles. The molecule has 1 aliphatic rings. The Balaban J connectivity index is 2.14. The van der Waals surface area contributed by atoms with Crippen molar-refractivity contribution in [3.8, 4) is 5.75 Å². The number of carbonyl (C=O) groups is 2. The summed E-state index contributed by atoms with van der Waals surface area (Å²) in [6.45, 7) is 11.6. The number of carboxylic acid groups (broad SMARTS) is 1. The summed E-state index contributed by atoms with van der Waals surface area (Å²) in [5, 5.41) is 9.93. The fraction of sp³-hybridized carbons (Fsp3) is 0.600. The van der Waals surface area contributed by atoms with E-state index in [2.05, 4.69) is 20.8 Å². The van der Waals surface area contributed by atoms with Crippen molar-refractivity contribution in [1.82, 2.24) is 4.90 Å². The van der Waals surface area contributed by atoms with E-state index in [0.29, 0.717) is 10.8 Å². The maximum atomic E-state index is 12.4. The lowest BCUT2D eigenvalue weighted by atomic mass is 9.87. The number of benzene rings is 1. The van der Waals surface area contributed by atoms with Crippen molar-refractivity contribution < 1.29 is 24.2 Å². The Kier molecular flexibility index (Phi) is 6.00. The van der Waals surface area contributed by atoms with Crippen molar-refractivity contribution >= 4 is 23.7 Å². The normalized spacial score (nSPS) is 20.5. The van der Waals surface area contributed by atoms with E-state index in [0.717, 1.165) is 5.56 Å². The van der Waals surface area contributed by atoms with Gasteiger partial charge in [-0.3, -0.25) is 4.90 Å². The summed E-state index contributed by atoms with van der Waals surface area (Å²) < 4.78 is 11.2. The van der Waals surface area contributed by atoms with Crippen molar-refractivity contribution in [2.75, 3.05) is 6.54 Å². The zero-order valence-corrected chi connectivity index (χ0v) is 17.5. The van der Waals surface area contributed by atoms with Gasteiger partial charge in [-0.25, -0.2) is 9.59 Å². The van der Waals surface area contributed by atoms with Crippen LogP contribution in [0.5, 0.6) is 5.75 Å². The highest BCUT2D eigenvalue weighted by Crippen LogP contribution is 2.33. The van der Waals surface area contributed by atoms with Crippen molar-refractivity contribution in [3.05, 3.63) is 28.8 Å². The van der Waals surface area contributed by atoms with E-state index >= 15 is 0 Å². The zero-order valence-electron chi connectivity index (χ0n) is 16.7. The predicted octanol–water partition coefficient (Wildman–Crippen LogP) is 4.48. The molecule has 0 radical (unpaired) electrons. The number of hydrogen-bond acceptors (Lipinski definition) is 4. The number of carbonyl (C=O) groups excluding carboxylic acids is 1. The molecule has 0 spiro atoms. The van der Waals surface area contributed by atoms with Gasteiger partial charge in [0.1, 0.15) is 23.5 Å². The third-order valence-corrected chi connectivity index (χ3v) is 4.56. The van der Waals surface area contributed by atoms with Crippen LogP contribution < -0.4 is 4.74 Å². The Morgan fingerprint density at radius 3 is 2.30 bits per heavy atom. The third kappa shape index (κ3) is 5.51. The van der Waals surface area contributed by atoms with E-state index in [1.807, 2.05) is 12.1 Å². The molecule has 2 rings (SSSR count). The molecular formula is C20H28ClNO5. The molecule has 150 valence electrons. The molecule has 1 fully saturated rings. The first-order chi connectivity index (χ1) is 12.3. The SMILES string of the molecule is CC(C)(C)OC(=O)N1C[C@@H](Oc2ccc(C(C)(C)C)cc2Cl)C[C@H]1C(=O)O. The van der Waals surface area contributed by atoms with E-state index in [9.17, 15) is 14.7 Å². The van der Waals surface area contributed by atoms with Gasteiger partial charge in [0, 0.05) is 6.42 Å². The largest absolute Gasteiger partial charge is 0.487 e. The van der Waals surface area contributed by atoms with E-state index in [4.69, 9.17) is 21.1 Å². The highest BCUT2D eigenvalue weighted by atomic mass is 35.5. The molecule has 1 heterocycles. The van der Waals surface area contributed by atoms with Gasteiger partial charge in [-0.2, -0.15) is 0 Å². The van der Waals surface area contributed by atoms with Gasteiger partial charge in [0.05, 0.1) is 11.6 Å². The molecular weight excluding hydrogens is 370 g/mol. The summed E-state index contributed by atoms with van der Waals surface area (Å²) >= 11 is 6.35. The van der Waals surface area contributed by atoms with Crippen LogP contribution in [0.1, 0.15) is 53.5 Å². The number of halogens is 1. The Bertz CT molecular complexity index is 720. The van der Waals surface area contributed by atoms with E-state index in [-0.39, 0.29) is 18.4 Å². The Morgan fingerprint density at radius 2 is 1.81 bits per heavy atom. The summed E-state index contributed by atoms with van der Waals surface area (Å²) in [4.78, 5) is 25.1. The minimum atomic E-state index is -1.08. The molecule has 1 amide bonds. The lowest BCUT2D eigenvalue weighted by molar-refractivity contribution is -0.142. The molecule has 0 bridgehead atoms. The maximum Gasteiger partial charge on any atom is 0.411 e. The summed E-state index contributed by atoms with van der Waals surface area (Å²) in [6, 6.07) is 4.59. The molecule has 1 aromatic rings. The molecule has 6 nitrogen and oxygen atoms in total. The van der Waals surface area contributed by atoms with Gasteiger partial charge in [0.15, 0.2) is 0 Å². The standard InChI is InChI=1S/C20H28ClNO5/c1-19(2,3)12-7-8-16(14(21)9-12)26-13-10-15(17(23)24)22(11-13)18(25)27-20(4,5)6/h7-9,13,15H,10-11H2,1-6H3,(H,23,24)/t13-,15-/m0/s1. The molecule has 27 heavy (non-hydrogen) atoms.